The van der Waals surface area contributed by atoms with Gasteiger partial charge in [-0.25, -0.2) is 4.98 Å². The predicted octanol–water partition coefficient (Wildman–Crippen LogP) is 1.37. The molecule has 1 saturated heterocycles. The number of aromatic nitrogens is 2. The fourth-order valence-corrected chi connectivity index (χ4v) is 2.01. The van der Waals surface area contributed by atoms with Crippen molar-refractivity contribution >= 4 is 0 Å². The van der Waals surface area contributed by atoms with Gasteiger partial charge in [0.2, 0.25) is 0 Å². The van der Waals surface area contributed by atoms with Gasteiger partial charge in [-0.05, 0) is 25.8 Å². The summed E-state index contributed by atoms with van der Waals surface area (Å²) in [5.41, 5.74) is 1.36. The fraction of sp³-hybridized carbons (Fsp3) is 0.700. The van der Waals surface area contributed by atoms with E-state index in [1.807, 2.05) is 12.5 Å². The molecule has 0 aromatic carbocycles. The van der Waals surface area contributed by atoms with Crippen molar-refractivity contribution in [1.82, 2.24) is 14.9 Å². The standard InChI is InChI=1S/C10H17N3/c1-2-9-6-12-8-13(9)10-4-3-5-11-7-10/h6,8,10-11H,2-5,7H2,1H3. The van der Waals surface area contributed by atoms with Crippen molar-refractivity contribution in [2.75, 3.05) is 13.1 Å². The van der Waals surface area contributed by atoms with E-state index in [1.165, 1.54) is 25.1 Å². The Morgan fingerprint density at radius 3 is 3.31 bits per heavy atom. The van der Waals surface area contributed by atoms with Gasteiger partial charge in [0, 0.05) is 24.5 Å². The minimum Gasteiger partial charge on any atom is -0.330 e. The SMILES string of the molecule is CCc1cncn1C1CCCNC1. The van der Waals surface area contributed by atoms with Gasteiger partial charge in [-0.2, -0.15) is 0 Å². The lowest BCUT2D eigenvalue weighted by molar-refractivity contribution is 0.365. The third-order valence-electron chi connectivity index (χ3n) is 2.77. The Bertz CT molecular complexity index is 261. The summed E-state index contributed by atoms with van der Waals surface area (Å²) in [5.74, 6) is 0. The molecular formula is C10H17N3. The molecule has 1 aliphatic rings. The summed E-state index contributed by atoms with van der Waals surface area (Å²) in [6.07, 6.45) is 7.60. The van der Waals surface area contributed by atoms with Crippen molar-refractivity contribution in [3.8, 4) is 0 Å². The first-order chi connectivity index (χ1) is 6.42. The number of hydrogen-bond donors (Lipinski definition) is 1. The number of nitrogens with one attached hydrogen (secondary N) is 1. The fourth-order valence-electron chi connectivity index (χ4n) is 2.01. The highest BCUT2D eigenvalue weighted by Crippen LogP contribution is 2.18. The van der Waals surface area contributed by atoms with Crippen molar-refractivity contribution in [2.24, 2.45) is 0 Å². The first-order valence-corrected chi connectivity index (χ1v) is 5.13. The Morgan fingerprint density at radius 1 is 1.69 bits per heavy atom. The maximum absolute atomic E-state index is 4.20. The molecule has 0 amide bonds. The largest absolute Gasteiger partial charge is 0.330 e. The molecule has 1 aromatic rings. The van der Waals surface area contributed by atoms with Crippen LogP contribution in [0.4, 0.5) is 0 Å². The van der Waals surface area contributed by atoms with E-state index in [9.17, 15) is 0 Å². The van der Waals surface area contributed by atoms with E-state index in [4.69, 9.17) is 0 Å². The highest BCUT2D eigenvalue weighted by Gasteiger charge is 2.15. The molecule has 0 spiro atoms. The lowest BCUT2D eigenvalue weighted by atomic mass is 10.1. The Morgan fingerprint density at radius 2 is 2.62 bits per heavy atom. The van der Waals surface area contributed by atoms with Gasteiger partial charge in [0.05, 0.1) is 6.33 Å². The zero-order chi connectivity index (χ0) is 9.10. The van der Waals surface area contributed by atoms with Crippen LogP contribution in [0.3, 0.4) is 0 Å². The van der Waals surface area contributed by atoms with Crippen molar-refractivity contribution in [3.63, 3.8) is 0 Å². The molecule has 3 nitrogen and oxygen atoms in total. The summed E-state index contributed by atoms with van der Waals surface area (Å²) in [4.78, 5) is 4.20. The van der Waals surface area contributed by atoms with E-state index < -0.39 is 0 Å². The topological polar surface area (TPSA) is 29.9 Å². The summed E-state index contributed by atoms with van der Waals surface area (Å²) >= 11 is 0. The average molecular weight is 179 g/mol. The molecule has 0 bridgehead atoms. The second-order valence-corrected chi connectivity index (χ2v) is 3.65. The Hall–Kier alpha value is -0.830. The van der Waals surface area contributed by atoms with E-state index in [0.29, 0.717) is 6.04 Å². The molecule has 13 heavy (non-hydrogen) atoms. The first-order valence-electron chi connectivity index (χ1n) is 5.13. The van der Waals surface area contributed by atoms with Gasteiger partial charge in [0.15, 0.2) is 0 Å². The van der Waals surface area contributed by atoms with Gasteiger partial charge in [-0.3, -0.25) is 0 Å². The van der Waals surface area contributed by atoms with Crippen LogP contribution in [0.1, 0.15) is 31.5 Å². The Kier molecular flexibility index (Phi) is 2.64. The smallest absolute Gasteiger partial charge is 0.0951 e. The minimum absolute atomic E-state index is 0.631. The van der Waals surface area contributed by atoms with Gasteiger partial charge in [-0.15, -0.1) is 0 Å². The van der Waals surface area contributed by atoms with Gasteiger partial charge in [0.25, 0.3) is 0 Å². The predicted molar refractivity (Wildman–Crippen MR) is 52.7 cm³/mol. The quantitative estimate of drug-likeness (QED) is 0.743. The summed E-state index contributed by atoms with van der Waals surface area (Å²) in [6.45, 7) is 4.46. The van der Waals surface area contributed by atoms with Gasteiger partial charge >= 0.3 is 0 Å². The number of imidazole rings is 1. The van der Waals surface area contributed by atoms with Crippen LogP contribution in [-0.4, -0.2) is 22.6 Å². The van der Waals surface area contributed by atoms with Crippen LogP contribution in [0, 0.1) is 0 Å². The van der Waals surface area contributed by atoms with Crippen LogP contribution in [-0.2, 0) is 6.42 Å². The average Bonchev–Trinajstić information content (AvgIpc) is 2.67. The number of aryl methyl sites for hydroxylation is 1. The minimum atomic E-state index is 0.631. The number of rotatable bonds is 2. The molecule has 0 radical (unpaired) electrons. The number of nitrogens with zero attached hydrogens (tertiary/aromatic N) is 2. The third kappa shape index (κ3) is 1.75. The molecule has 1 fully saturated rings. The van der Waals surface area contributed by atoms with Crippen molar-refractivity contribution in [2.45, 2.75) is 32.2 Å². The molecular weight excluding hydrogens is 162 g/mol. The van der Waals surface area contributed by atoms with E-state index in [-0.39, 0.29) is 0 Å². The molecule has 3 heteroatoms. The van der Waals surface area contributed by atoms with Crippen LogP contribution in [0.25, 0.3) is 0 Å². The first kappa shape index (κ1) is 8.75. The summed E-state index contributed by atoms with van der Waals surface area (Å²) in [5, 5.41) is 3.43. The molecule has 2 heterocycles. The van der Waals surface area contributed by atoms with Crippen LogP contribution >= 0.6 is 0 Å². The summed E-state index contributed by atoms with van der Waals surface area (Å²) in [6, 6.07) is 0.631. The molecule has 1 N–H and O–H groups in total. The van der Waals surface area contributed by atoms with Crippen molar-refractivity contribution in [3.05, 3.63) is 18.2 Å². The number of piperidine rings is 1. The maximum atomic E-state index is 4.20. The molecule has 1 atom stereocenters. The monoisotopic (exact) mass is 179 g/mol. The van der Waals surface area contributed by atoms with Gasteiger partial charge < -0.3 is 9.88 Å². The highest BCUT2D eigenvalue weighted by molar-refractivity contribution is 5.00. The molecule has 1 aliphatic heterocycles. The summed E-state index contributed by atoms with van der Waals surface area (Å²) < 4.78 is 2.33. The van der Waals surface area contributed by atoms with Crippen molar-refractivity contribution < 1.29 is 0 Å². The van der Waals surface area contributed by atoms with Crippen LogP contribution < -0.4 is 5.32 Å². The second kappa shape index (κ2) is 3.92. The zero-order valence-electron chi connectivity index (χ0n) is 8.16. The number of hydrogen-bond acceptors (Lipinski definition) is 2. The van der Waals surface area contributed by atoms with Gasteiger partial charge in [-0.1, -0.05) is 6.92 Å². The maximum Gasteiger partial charge on any atom is 0.0951 e. The van der Waals surface area contributed by atoms with E-state index in [2.05, 4.69) is 21.8 Å². The third-order valence-corrected chi connectivity index (χ3v) is 2.77. The zero-order valence-corrected chi connectivity index (χ0v) is 8.16. The van der Waals surface area contributed by atoms with Crippen LogP contribution in [0.2, 0.25) is 0 Å². The molecule has 0 aliphatic carbocycles. The van der Waals surface area contributed by atoms with E-state index in [1.54, 1.807) is 0 Å². The Balaban J connectivity index is 2.13. The molecule has 1 aromatic heterocycles. The van der Waals surface area contributed by atoms with Crippen LogP contribution in [0.15, 0.2) is 12.5 Å². The lowest BCUT2D eigenvalue weighted by Gasteiger charge is -2.25. The molecule has 2 rings (SSSR count). The second-order valence-electron chi connectivity index (χ2n) is 3.65. The summed E-state index contributed by atoms with van der Waals surface area (Å²) in [7, 11) is 0. The van der Waals surface area contributed by atoms with Gasteiger partial charge in [0.1, 0.15) is 0 Å². The van der Waals surface area contributed by atoms with Crippen molar-refractivity contribution in [1.29, 1.82) is 0 Å². The lowest BCUT2D eigenvalue weighted by Crippen LogP contribution is -2.31. The molecule has 0 saturated carbocycles. The normalized spacial score (nSPS) is 23.3. The molecule has 1 unspecified atom stereocenters. The Labute approximate surface area is 79.2 Å². The van der Waals surface area contributed by atoms with Crippen LogP contribution in [0.5, 0.6) is 0 Å². The molecule has 72 valence electrons. The highest BCUT2D eigenvalue weighted by atomic mass is 15.1. The van der Waals surface area contributed by atoms with E-state index in [0.717, 1.165) is 13.0 Å². The van der Waals surface area contributed by atoms with E-state index >= 15 is 0 Å².